The number of hydrogen-bond donors (Lipinski definition) is 2. The molecule has 1 amide bonds. The van der Waals surface area contributed by atoms with Gasteiger partial charge >= 0.3 is 0 Å². The Hall–Kier alpha value is -0.520. The summed E-state index contributed by atoms with van der Waals surface area (Å²) in [5.41, 5.74) is 6.48. The van der Waals surface area contributed by atoms with Crippen molar-refractivity contribution in [1.29, 1.82) is 0 Å². The number of nitrogens with one attached hydrogen (secondary N) is 1. The van der Waals surface area contributed by atoms with Crippen LogP contribution >= 0.6 is 35.6 Å². The molecular formula is C15H22Cl3N3O. The van der Waals surface area contributed by atoms with Crippen molar-refractivity contribution < 1.29 is 4.79 Å². The molecule has 1 atom stereocenters. The summed E-state index contributed by atoms with van der Waals surface area (Å²) in [5.74, 6) is 0.491. The lowest BCUT2D eigenvalue weighted by atomic mass is 9.91. The van der Waals surface area contributed by atoms with Gasteiger partial charge in [0.1, 0.15) is 0 Å². The Labute approximate surface area is 147 Å². The fourth-order valence-corrected chi connectivity index (χ4v) is 2.98. The standard InChI is InChI=1S/C15H21Cl2N3O.ClH/c1-10(18)11-5-7-20(8-6-11)9-14(21)19-13-4-2-3-12(16)15(13)17;/h2-4,10-11H,5-9,18H2,1H3,(H,19,21);1H. The highest BCUT2D eigenvalue weighted by molar-refractivity contribution is 6.43. The minimum atomic E-state index is -0.0709. The zero-order chi connectivity index (χ0) is 15.4. The normalized spacial score (nSPS) is 17.6. The van der Waals surface area contributed by atoms with Crippen molar-refractivity contribution in [3.8, 4) is 0 Å². The summed E-state index contributed by atoms with van der Waals surface area (Å²) in [6.07, 6.45) is 2.09. The van der Waals surface area contributed by atoms with Crippen molar-refractivity contribution >= 4 is 47.2 Å². The SMILES string of the molecule is CC(N)C1CCN(CC(=O)Nc2cccc(Cl)c2Cl)CC1.Cl. The third-order valence-electron chi connectivity index (χ3n) is 3.97. The monoisotopic (exact) mass is 365 g/mol. The van der Waals surface area contributed by atoms with E-state index in [-0.39, 0.29) is 24.4 Å². The van der Waals surface area contributed by atoms with E-state index >= 15 is 0 Å². The maximum absolute atomic E-state index is 12.1. The molecule has 4 nitrogen and oxygen atoms in total. The van der Waals surface area contributed by atoms with Crippen LogP contribution in [0.25, 0.3) is 0 Å². The first-order valence-electron chi connectivity index (χ1n) is 7.19. The third-order valence-corrected chi connectivity index (χ3v) is 4.79. The Bertz CT molecular complexity index is 503. The summed E-state index contributed by atoms with van der Waals surface area (Å²) < 4.78 is 0. The Morgan fingerprint density at radius 1 is 1.41 bits per heavy atom. The van der Waals surface area contributed by atoms with E-state index in [1.807, 2.05) is 6.92 Å². The fourth-order valence-electron chi connectivity index (χ4n) is 2.63. The highest BCUT2D eigenvalue weighted by atomic mass is 35.5. The van der Waals surface area contributed by atoms with Gasteiger partial charge in [-0.25, -0.2) is 0 Å². The van der Waals surface area contributed by atoms with Crippen LogP contribution in [0.15, 0.2) is 18.2 Å². The molecule has 22 heavy (non-hydrogen) atoms. The van der Waals surface area contributed by atoms with Crippen LogP contribution in [-0.4, -0.2) is 36.5 Å². The summed E-state index contributed by atoms with van der Waals surface area (Å²) in [6.45, 7) is 4.23. The second-order valence-corrected chi connectivity index (χ2v) is 6.41. The van der Waals surface area contributed by atoms with Crippen molar-refractivity contribution in [2.24, 2.45) is 11.7 Å². The van der Waals surface area contributed by atoms with Gasteiger partial charge in [0.2, 0.25) is 5.91 Å². The zero-order valence-electron chi connectivity index (χ0n) is 12.5. The first-order valence-corrected chi connectivity index (χ1v) is 7.94. The second-order valence-electron chi connectivity index (χ2n) is 5.62. The molecule has 1 unspecified atom stereocenters. The molecule has 0 spiro atoms. The van der Waals surface area contributed by atoms with Gasteiger partial charge in [0.15, 0.2) is 0 Å². The van der Waals surface area contributed by atoms with Gasteiger partial charge in [-0.15, -0.1) is 12.4 Å². The molecule has 1 aliphatic heterocycles. The van der Waals surface area contributed by atoms with E-state index in [1.165, 1.54) is 0 Å². The van der Waals surface area contributed by atoms with E-state index < -0.39 is 0 Å². The number of piperidine rings is 1. The molecule has 1 aliphatic rings. The van der Waals surface area contributed by atoms with Gasteiger partial charge in [-0.1, -0.05) is 29.3 Å². The molecule has 2 rings (SSSR count). The Balaban J connectivity index is 0.00000242. The highest BCUT2D eigenvalue weighted by Gasteiger charge is 2.23. The van der Waals surface area contributed by atoms with Crippen molar-refractivity contribution in [3.63, 3.8) is 0 Å². The fraction of sp³-hybridized carbons (Fsp3) is 0.533. The predicted molar refractivity (Wildman–Crippen MR) is 95.2 cm³/mol. The number of likely N-dealkylation sites (tertiary alicyclic amines) is 1. The highest BCUT2D eigenvalue weighted by Crippen LogP contribution is 2.29. The lowest BCUT2D eigenvalue weighted by molar-refractivity contribution is -0.117. The molecule has 1 saturated heterocycles. The molecule has 1 fully saturated rings. The first kappa shape index (κ1) is 19.5. The number of benzene rings is 1. The largest absolute Gasteiger partial charge is 0.328 e. The van der Waals surface area contributed by atoms with Crippen LogP contribution in [0.1, 0.15) is 19.8 Å². The van der Waals surface area contributed by atoms with Gasteiger partial charge in [-0.05, 0) is 50.9 Å². The Kier molecular flexibility index (Phi) is 7.94. The summed E-state index contributed by atoms with van der Waals surface area (Å²) in [7, 11) is 0. The van der Waals surface area contributed by atoms with Crippen LogP contribution in [0.2, 0.25) is 10.0 Å². The number of halogens is 3. The summed E-state index contributed by atoms with van der Waals surface area (Å²) in [5, 5.41) is 3.63. The minimum absolute atomic E-state index is 0. The van der Waals surface area contributed by atoms with E-state index in [0.29, 0.717) is 28.2 Å². The van der Waals surface area contributed by atoms with Gasteiger partial charge in [0.25, 0.3) is 0 Å². The molecule has 7 heteroatoms. The van der Waals surface area contributed by atoms with Crippen molar-refractivity contribution in [1.82, 2.24) is 4.90 Å². The average molecular weight is 367 g/mol. The third kappa shape index (κ3) is 5.28. The molecule has 3 N–H and O–H groups in total. The quantitative estimate of drug-likeness (QED) is 0.858. The zero-order valence-corrected chi connectivity index (χ0v) is 14.8. The molecule has 124 valence electrons. The number of rotatable bonds is 4. The van der Waals surface area contributed by atoms with Crippen LogP contribution < -0.4 is 11.1 Å². The number of nitrogens with zero attached hydrogens (tertiary/aromatic N) is 1. The van der Waals surface area contributed by atoms with Crippen molar-refractivity contribution in [2.75, 3.05) is 25.0 Å². The molecule has 1 aromatic rings. The van der Waals surface area contributed by atoms with Crippen LogP contribution in [0.3, 0.4) is 0 Å². The summed E-state index contributed by atoms with van der Waals surface area (Å²) >= 11 is 12.0. The number of carbonyl (C=O) groups is 1. The van der Waals surface area contributed by atoms with Crippen LogP contribution in [-0.2, 0) is 4.79 Å². The van der Waals surface area contributed by atoms with E-state index in [9.17, 15) is 4.79 Å². The molecule has 0 saturated carbocycles. The minimum Gasteiger partial charge on any atom is -0.328 e. The molecule has 0 aliphatic carbocycles. The van der Waals surface area contributed by atoms with Crippen LogP contribution in [0.4, 0.5) is 5.69 Å². The Morgan fingerprint density at radius 3 is 2.64 bits per heavy atom. The molecule has 0 bridgehead atoms. The molecule has 0 radical (unpaired) electrons. The average Bonchev–Trinajstić information content (AvgIpc) is 2.44. The van der Waals surface area contributed by atoms with E-state index in [0.717, 1.165) is 25.9 Å². The maximum Gasteiger partial charge on any atom is 0.238 e. The van der Waals surface area contributed by atoms with E-state index in [1.54, 1.807) is 18.2 Å². The van der Waals surface area contributed by atoms with Crippen molar-refractivity contribution in [3.05, 3.63) is 28.2 Å². The summed E-state index contributed by atoms with van der Waals surface area (Å²) in [4.78, 5) is 14.2. The second kappa shape index (κ2) is 8.94. The molecular weight excluding hydrogens is 345 g/mol. The van der Waals surface area contributed by atoms with Gasteiger partial charge < -0.3 is 11.1 Å². The van der Waals surface area contributed by atoms with Crippen LogP contribution in [0.5, 0.6) is 0 Å². The topological polar surface area (TPSA) is 58.4 Å². The van der Waals surface area contributed by atoms with Crippen LogP contribution in [0, 0.1) is 5.92 Å². The van der Waals surface area contributed by atoms with E-state index in [2.05, 4.69) is 10.2 Å². The number of anilines is 1. The number of amides is 1. The first-order chi connectivity index (χ1) is 9.97. The lowest BCUT2D eigenvalue weighted by Gasteiger charge is -2.33. The van der Waals surface area contributed by atoms with Gasteiger partial charge in [-0.2, -0.15) is 0 Å². The number of carbonyl (C=O) groups excluding carboxylic acids is 1. The smallest absolute Gasteiger partial charge is 0.238 e. The van der Waals surface area contributed by atoms with Gasteiger partial charge in [0.05, 0.1) is 22.3 Å². The molecule has 0 aromatic heterocycles. The number of nitrogens with two attached hydrogens (primary N) is 1. The maximum atomic E-state index is 12.1. The van der Waals surface area contributed by atoms with Gasteiger partial charge in [-0.3, -0.25) is 9.69 Å². The Morgan fingerprint density at radius 2 is 2.05 bits per heavy atom. The van der Waals surface area contributed by atoms with Crippen molar-refractivity contribution in [2.45, 2.75) is 25.8 Å². The molecule has 1 aromatic carbocycles. The number of hydrogen-bond acceptors (Lipinski definition) is 3. The lowest BCUT2D eigenvalue weighted by Crippen LogP contribution is -2.42. The predicted octanol–water partition coefficient (Wildman–Crippen LogP) is 3.41. The summed E-state index contributed by atoms with van der Waals surface area (Å²) in [6, 6.07) is 5.43. The van der Waals surface area contributed by atoms with Gasteiger partial charge in [0, 0.05) is 6.04 Å². The van der Waals surface area contributed by atoms with E-state index in [4.69, 9.17) is 28.9 Å². The molecule has 1 heterocycles.